The van der Waals surface area contributed by atoms with Crippen LogP contribution >= 0.6 is 0 Å². The Hall–Kier alpha value is -5.36. The molecule has 1 aromatic heterocycles. The number of ether oxygens (including phenoxy) is 1. The number of halogens is 5. The fourth-order valence-electron chi connectivity index (χ4n) is 7.05. The van der Waals surface area contributed by atoms with Gasteiger partial charge in [-0.25, -0.2) is 8.78 Å². The summed E-state index contributed by atoms with van der Waals surface area (Å²) in [6, 6.07) is 24.4. The third-order valence-electron chi connectivity index (χ3n) is 9.91. The lowest BCUT2D eigenvalue weighted by Crippen LogP contribution is -2.49. The van der Waals surface area contributed by atoms with E-state index in [0.29, 0.717) is 48.1 Å². The minimum absolute atomic E-state index is 0.101. The van der Waals surface area contributed by atoms with E-state index in [-0.39, 0.29) is 68.0 Å². The maximum atomic E-state index is 14.6. The van der Waals surface area contributed by atoms with Crippen molar-refractivity contribution in [3.63, 3.8) is 0 Å². The van der Waals surface area contributed by atoms with Crippen LogP contribution in [0.25, 0.3) is 22.0 Å². The van der Waals surface area contributed by atoms with Crippen molar-refractivity contribution in [2.24, 2.45) is 0 Å². The summed E-state index contributed by atoms with van der Waals surface area (Å²) in [5.41, 5.74) is 2.36. The largest absolute Gasteiger partial charge is 0.465 e. The third-order valence-corrected chi connectivity index (χ3v) is 9.91. The van der Waals surface area contributed by atoms with Gasteiger partial charge in [0.1, 0.15) is 6.54 Å². The summed E-state index contributed by atoms with van der Waals surface area (Å²) in [5, 5.41) is 0.420. The Kier molecular flexibility index (Phi) is 11.9. The fourth-order valence-corrected chi connectivity index (χ4v) is 7.05. The molecule has 0 atom stereocenters. The smallest absolute Gasteiger partial charge is 0.416 e. The normalized spacial score (nSPS) is 14.0. The molecule has 0 bridgehead atoms. The Balaban J connectivity index is 1.28. The summed E-state index contributed by atoms with van der Waals surface area (Å²) >= 11 is 0. The zero-order valence-electron chi connectivity index (χ0n) is 29.8. The Morgan fingerprint density at radius 2 is 1.50 bits per heavy atom. The molecule has 1 saturated heterocycles. The van der Waals surface area contributed by atoms with Crippen LogP contribution in [0.5, 0.6) is 0 Å². The van der Waals surface area contributed by atoms with Crippen molar-refractivity contribution in [3.05, 3.63) is 141 Å². The molecule has 2 heterocycles. The maximum Gasteiger partial charge on any atom is 0.416 e. The summed E-state index contributed by atoms with van der Waals surface area (Å²) in [6.45, 7) is 3.41. The van der Waals surface area contributed by atoms with Crippen molar-refractivity contribution in [1.29, 1.82) is 0 Å². The Morgan fingerprint density at radius 1 is 0.833 bits per heavy atom. The monoisotopic (exact) mass is 745 g/mol. The summed E-state index contributed by atoms with van der Waals surface area (Å²) in [4.78, 5) is 43.7. The van der Waals surface area contributed by atoms with Gasteiger partial charge in [-0.2, -0.15) is 13.2 Å². The maximum absolute atomic E-state index is 14.6. The number of nitrogens with zero attached hydrogens (tertiary/aromatic N) is 3. The van der Waals surface area contributed by atoms with Gasteiger partial charge < -0.3 is 14.2 Å². The van der Waals surface area contributed by atoms with Crippen molar-refractivity contribution in [1.82, 2.24) is 14.4 Å². The van der Waals surface area contributed by atoms with Crippen LogP contribution in [0.2, 0.25) is 0 Å². The number of carbonyl (C=O) groups excluding carboxylic acids is 2. The van der Waals surface area contributed by atoms with E-state index in [0.717, 1.165) is 29.3 Å². The van der Waals surface area contributed by atoms with Gasteiger partial charge in [0.2, 0.25) is 5.91 Å². The lowest BCUT2D eigenvalue weighted by Gasteiger charge is -2.38. The first-order valence-corrected chi connectivity index (χ1v) is 17.9. The summed E-state index contributed by atoms with van der Waals surface area (Å²) in [6.07, 6.45) is -2.99. The summed E-state index contributed by atoms with van der Waals surface area (Å²) in [7, 11) is 0. The second-order valence-corrected chi connectivity index (χ2v) is 13.4. The van der Waals surface area contributed by atoms with E-state index in [4.69, 9.17) is 4.74 Å². The number of carbonyl (C=O) groups is 2. The average molecular weight is 746 g/mol. The van der Waals surface area contributed by atoms with Gasteiger partial charge in [-0.3, -0.25) is 19.3 Å². The number of esters is 1. The molecule has 0 saturated carbocycles. The molecule has 12 heteroatoms. The first-order valence-electron chi connectivity index (χ1n) is 17.9. The Morgan fingerprint density at radius 3 is 2.17 bits per heavy atom. The van der Waals surface area contributed by atoms with E-state index < -0.39 is 23.4 Å². The summed E-state index contributed by atoms with van der Waals surface area (Å²) in [5.74, 6) is -2.45. The molecule has 1 aliphatic rings. The molecule has 5 aromatic rings. The Bertz CT molecular complexity index is 2160. The molecule has 0 aliphatic carbocycles. The SMILES string of the molecule is CCOC(=O)CN1CCC(N(Cc2ccc(-c3ccc(C(F)(F)F)cc3)cc2)C(=O)Cn2c(CCc3cccc(F)c3F)cc(=O)c3ccccc32)CC1. The van der Waals surface area contributed by atoms with Crippen molar-refractivity contribution >= 4 is 22.8 Å². The number of pyridine rings is 1. The highest BCUT2D eigenvalue weighted by Crippen LogP contribution is 2.31. The predicted octanol–water partition coefficient (Wildman–Crippen LogP) is 7.81. The number of aromatic nitrogens is 1. The molecule has 282 valence electrons. The van der Waals surface area contributed by atoms with E-state index in [2.05, 4.69) is 0 Å². The topological polar surface area (TPSA) is 71.8 Å². The second-order valence-electron chi connectivity index (χ2n) is 13.4. The molecular weight excluding hydrogens is 705 g/mol. The van der Waals surface area contributed by atoms with Gasteiger partial charge in [0.25, 0.3) is 0 Å². The molecule has 0 spiro atoms. The fraction of sp³-hybridized carbons (Fsp3) is 0.310. The van der Waals surface area contributed by atoms with Crippen LogP contribution in [0.15, 0.2) is 102 Å². The third kappa shape index (κ3) is 9.04. The van der Waals surface area contributed by atoms with Crippen molar-refractivity contribution in [2.75, 3.05) is 26.2 Å². The number of hydrogen-bond acceptors (Lipinski definition) is 5. The highest BCUT2D eigenvalue weighted by Gasteiger charge is 2.31. The van der Waals surface area contributed by atoms with Crippen LogP contribution in [0.3, 0.4) is 0 Å². The van der Waals surface area contributed by atoms with Crippen molar-refractivity contribution in [3.8, 4) is 11.1 Å². The van der Waals surface area contributed by atoms with Gasteiger partial charge in [0.15, 0.2) is 17.1 Å². The molecule has 6 rings (SSSR count). The number of likely N-dealkylation sites (tertiary alicyclic amines) is 1. The zero-order chi connectivity index (χ0) is 38.4. The second kappa shape index (κ2) is 16.8. The standard InChI is InChI=1S/C42H40F5N3O4/c1-2-54-40(53)27-48-22-20-33(21-23-48)50(25-28-10-12-29(13-11-28)30-14-17-32(18-15-30)42(45,46)47)39(52)26-49-34(19-16-31-6-5-8-36(43)41(31)44)24-38(51)35-7-3-4-9-37(35)49/h3-15,17-18,24,33H,2,16,19-23,25-27H2,1H3. The predicted molar refractivity (Wildman–Crippen MR) is 195 cm³/mol. The molecule has 0 radical (unpaired) electrons. The van der Waals surface area contributed by atoms with Gasteiger partial charge in [0.05, 0.1) is 24.2 Å². The lowest BCUT2D eigenvalue weighted by molar-refractivity contribution is -0.145. The van der Waals surface area contributed by atoms with Crippen LogP contribution in [-0.4, -0.2) is 58.5 Å². The van der Waals surface area contributed by atoms with Crippen LogP contribution in [0.1, 0.15) is 42.1 Å². The molecular formula is C42H40F5N3O4. The molecule has 1 amide bonds. The number of para-hydroxylation sites is 1. The molecule has 0 unspecified atom stereocenters. The number of fused-ring (bicyclic) bond motifs is 1. The van der Waals surface area contributed by atoms with Crippen LogP contribution in [0, 0.1) is 11.6 Å². The molecule has 1 aliphatic heterocycles. The number of rotatable bonds is 12. The number of alkyl halides is 3. The highest BCUT2D eigenvalue weighted by molar-refractivity contribution is 5.83. The molecule has 4 aromatic carbocycles. The van der Waals surface area contributed by atoms with Crippen LogP contribution < -0.4 is 5.43 Å². The van der Waals surface area contributed by atoms with E-state index in [1.54, 1.807) is 52.8 Å². The molecule has 1 fully saturated rings. The first kappa shape index (κ1) is 38.4. The molecule has 7 nitrogen and oxygen atoms in total. The molecule has 54 heavy (non-hydrogen) atoms. The van der Waals surface area contributed by atoms with Crippen LogP contribution in [0.4, 0.5) is 22.0 Å². The van der Waals surface area contributed by atoms with Gasteiger partial charge >= 0.3 is 12.1 Å². The summed E-state index contributed by atoms with van der Waals surface area (Å²) < 4.78 is 74.9. The van der Waals surface area contributed by atoms with E-state index in [9.17, 15) is 36.3 Å². The number of hydrogen-bond donors (Lipinski definition) is 0. The van der Waals surface area contributed by atoms with Gasteiger partial charge in [-0.15, -0.1) is 0 Å². The highest BCUT2D eigenvalue weighted by atomic mass is 19.4. The number of piperidine rings is 1. The number of benzene rings is 4. The van der Waals surface area contributed by atoms with Crippen molar-refractivity contribution < 1.29 is 36.3 Å². The first-order chi connectivity index (χ1) is 25.9. The molecule has 0 N–H and O–H groups in total. The van der Waals surface area contributed by atoms with E-state index in [1.165, 1.54) is 30.3 Å². The van der Waals surface area contributed by atoms with E-state index in [1.807, 2.05) is 17.0 Å². The van der Waals surface area contributed by atoms with Gasteiger partial charge in [-0.1, -0.05) is 60.7 Å². The quantitative estimate of drug-likeness (QED) is 0.0964. The van der Waals surface area contributed by atoms with Crippen molar-refractivity contribution in [2.45, 2.75) is 57.9 Å². The lowest BCUT2D eigenvalue weighted by atomic mass is 10.00. The Labute approximate surface area is 309 Å². The zero-order valence-corrected chi connectivity index (χ0v) is 29.8. The average Bonchev–Trinajstić information content (AvgIpc) is 3.16. The minimum Gasteiger partial charge on any atom is -0.465 e. The van der Waals surface area contributed by atoms with E-state index >= 15 is 0 Å². The van der Waals surface area contributed by atoms with Crippen LogP contribution in [-0.2, 0) is 46.4 Å². The number of amides is 1. The van der Waals surface area contributed by atoms with Gasteiger partial charge in [0, 0.05) is 42.8 Å². The number of aryl methyl sites for hydroxylation is 2. The minimum atomic E-state index is -4.44. The van der Waals surface area contributed by atoms with Gasteiger partial charge in [-0.05, 0) is 85.2 Å².